The molecule has 0 aliphatic rings. The number of carbonyl (C=O) groups excluding carboxylic acids is 1. The first kappa shape index (κ1) is 20.4. The van der Waals surface area contributed by atoms with Gasteiger partial charge in [-0.25, -0.2) is 14.8 Å². The molecule has 1 heterocycles. The lowest BCUT2D eigenvalue weighted by molar-refractivity contribution is 0.137. The molecule has 150 valence electrons. The van der Waals surface area contributed by atoms with E-state index in [0.29, 0.717) is 28.8 Å². The monoisotopic (exact) mass is 412 g/mol. The zero-order valence-corrected chi connectivity index (χ0v) is 16.6. The first-order valence-electron chi connectivity index (χ1n) is 9.04. The van der Waals surface area contributed by atoms with Gasteiger partial charge in [0.1, 0.15) is 18.2 Å². The molecule has 29 heavy (non-hydrogen) atoms. The Balaban J connectivity index is 1.52. The van der Waals surface area contributed by atoms with Crippen molar-refractivity contribution < 1.29 is 14.6 Å². The molecule has 1 atom stereocenters. The van der Waals surface area contributed by atoms with Crippen LogP contribution in [0.15, 0.2) is 60.8 Å². The number of ether oxygens (including phenoxy) is 1. The van der Waals surface area contributed by atoms with E-state index in [9.17, 15) is 9.90 Å². The van der Waals surface area contributed by atoms with Crippen molar-refractivity contribution in [3.05, 3.63) is 71.4 Å². The highest BCUT2D eigenvalue weighted by atomic mass is 35.5. The maximum atomic E-state index is 11.9. The van der Waals surface area contributed by atoms with E-state index in [1.807, 2.05) is 37.3 Å². The highest BCUT2D eigenvalue weighted by Crippen LogP contribution is 2.29. The lowest BCUT2D eigenvalue weighted by Gasteiger charge is -2.15. The first-order chi connectivity index (χ1) is 14.0. The fourth-order valence-electron chi connectivity index (χ4n) is 2.55. The van der Waals surface area contributed by atoms with Gasteiger partial charge in [0.15, 0.2) is 5.82 Å². The smallest absolute Gasteiger partial charge is 0.407 e. The van der Waals surface area contributed by atoms with Gasteiger partial charge in [-0.1, -0.05) is 41.9 Å². The molecule has 0 spiro atoms. The molecule has 1 amide bonds. The van der Waals surface area contributed by atoms with Gasteiger partial charge in [-0.15, -0.1) is 0 Å². The molecule has 0 fully saturated rings. The van der Waals surface area contributed by atoms with Crippen molar-refractivity contribution >= 4 is 23.5 Å². The number of hydrogen-bond acceptors (Lipinski definition) is 6. The van der Waals surface area contributed by atoms with E-state index in [1.54, 1.807) is 24.4 Å². The second kappa shape index (κ2) is 9.75. The second-order valence-electron chi connectivity index (χ2n) is 6.41. The predicted octanol–water partition coefficient (Wildman–Crippen LogP) is 4.23. The molecular weight excluding hydrogens is 392 g/mol. The van der Waals surface area contributed by atoms with E-state index >= 15 is 0 Å². The molecule has 2 aromatic carbocycles. The van der Waals surface area contributed by atoms with Crippen molar-refractivity contribution in [2.75, 3.05) is 11.9 Å². The van der Waals surface area contributed by atoms with Gasteiger partial charge >= 0.3 is 6.09 Å². The molecule has 0 bridgehead atoms. The number of alkyl carbamates (subject to hydrolysis) is 1. The Kier molecular flexibility index (Phi) is 6.86. The van der Waals surface area contributed by atoms with Crippen LogP contribution in [0.5, 0.6) is 5.75 Å². The van der Waals surface area contributed by atoms with Gasteiger partial charge in [0.2, 0.25) is 0 Å². The average Bonchev–Trinajstić information content (AvgIpc) is 2.73. The summed E-state index contributed by atoms with van der Waals surface area (Å²) in [5, 5.41) is 16.4. The highest BCUT2D eigenvalue weighted by molar-refractivity contribution is 6.30. The van der Waals surface area contributed by atoms with Gasteiger partial charge in [-0.2, -0.15) is 0 Å². The average molecular weight is 413 g/mol. The molecule has 3 aromatic rings. The number of nitrogens with zero attached hydrogens (tertiary/aromatic N) is 2. The summed E-state index contributed by atoms with van der Waals surface area (Å²) in [6, 6.07) is 15.7. The van der Waals surface area contributed by atoms with E-state index < -0.39 is 6.09 Å². The molecule has 1 aromatic heterocycles. The number of hydrogen-bond donors (Lipinski definition) is 3. The fourth-order valence-corrected chi connectivity index (χ4v) is 2.72. The van der Waals surface area contributed by atoms with Gasteiger partial charge < -0.3 is 20.5 Å². The predicted molar refractivity (Wildman–Crippen MR) is 112 cm³/mol. The first-order valence-corrected chi connectivity index (χ1v) is 9.42. The lowest BCUT2D eigenvalue weighted by Crippen LogP contribution is -2.37. The van der Waals surface area contributed by atoms with Gasteiger partial charge in [0.05, 0.1) is 5.56 Å². The minimum absolute atomic E-state index is 0.0442. The molecule has 7 nitrogen and oxygen atoms in total. The highest BCUT2D eigenvalue weighted by Gasteiger charge is 2.11. The van der Waals surface area contributed by atoms with E-state index in [-0.39, 0.29) is 18.4 Å². The Morgan fingerprint density at radius 1 is 1.21 bits per heavy atom. The summed E-state index contributed by atoms with van der Waals surface area (Å²) in [7, 11) is 0. The Hall–Kier alpha value is -3.32. The maximum absolute atomic E-state index is 11.9. The third-order valence-electron chi connectivity index (χ3n) is 4.02. The molecule has 0 aliphatic heterocycles. The number of benzene rings is 2. The van der Waals surface area contributed by atoms with Crippen LogP contribution in [0.4, 0.5) is 10.6 Å². The van der Waals surface area contributed by atoms with Crippen LogP contribution in [0.3, 0.4) is 0 Å². The van der Waals surface area contributed by atoms with E-state index in [1.165, 1.54) is 6.07 Å². The number of anilines is 1. The van der Waals surface area contributed by atoms with Crippen LogP contribution in [0.25, 0.3) is 11.4 Å². The number of rotatable bonds is 7. The van der Waals surface area contributed by atoms with E-state index in [4.69, 9.17) is 16.3 Å². The molecule has 0 saturated heterocycles. The Bertz CT molecular complexity index is 969. The van der Waals surface area contributed by atoms with Gasteiger partial charge in [0, 0.05) is 23.8 Å². The zero-order valence-electron chi connectivity index (χ0n) is 15.8. The van der Waals surface area contributed by atoms with Crippen molar-refractivity contribution in [2.45, 2.75) is 19.6 Å². The second-order valence-corrected chi connectivity index (χ2v) is 6.85. The van der Waals surface area contributed by atoms with Gasteiger partial charge in [-0.05, 0) is 36.8 Å². The number of halogens is 1. The van der Waals surface area contributed by atoms with Crippen LogP contribution in [0.1, 0.15) is 12.5 Å². The molecule has 0 aliphatic carbocycles. The zero-order chi connectivity index (χ0) is 20.6. The van der Waals surface area contributed by atoms with Crippen LogP contribution in [-0.4, -0.2) is 33.8 Å². The quantitative estimate of drug-likeness (QED) is 0.537. The lowest BCUT2D eigenvalue weighted by atomic mass is 10.2. The van der Waals surface area contributed by atoms with Crippen LogP contribution < -0.4 is 10.6 Å². The summed E-state index contributed by atoms with van der Waals surface area (Å²) in [6.45, 7) is 2.49. The molecular formula is C21H21ClN4O3. The Morgan fingerprint density at radius 2 is 2.00 bits per heavy atom. The molecule has 0 radical (unpaired) electrons. The van der Waals surface area contributed by atoms with E-state index in [0.717, 1.165) is 5.56 Å². The number of carbonyl (C=O) groups is 1. The minimum Gasteiger partial charge on any atom is -0.507 e. The summed E-state index contributed by atoms with van der Waals surface area (Å²) >= 11 is 5.99. The summed E-state index contributed by atoms with van der Waals surface area (Å²) in [4.78, 5) is 20.5. The minimum atomic E-state index is -0.490. The topological polar surface area (TPSA) is 96.4 Å². The Morgan fingerprint density at radius 3 is 2.79 bits per heavy atom. The third kappa shape index (κ3) is 6.08. The summed E-state index contributed by atoms with van der Waals surface area (Å²) in [6.07, 6.45) is 1.09. The van der Waals surface area contributed by atoms with Crippen molar-refractivity contribution in [3.63, 3.8) is 0 Å². The van der Waals surface area contributed by atoms with Crippen LogP contribution in [0.2, 0.25) is 5.02 Å². The molecule has 0 saturated carbocycles. The Labute approximate surface area is 173 Å². The summed E-state index contributed by atoms with van der Waals surface area (Å²) in [5.41, 5.74) is 1.36. The number of aromatic hydroxyl groups is 1. The molecule has 3 rings (SSSR count). The largest absolute Gasteiger partial charge is 0.507 e. The standard InChI is InChI=1S/C21H21ClN4O3/c1-14(25-21(28)29-13-15-5-3-2-4-6-15)12-24-19-9-10-23-20(26-19)17-11-16(22)7-8-18(17)27/h2-11,14,27H,12-13H2,1H3,(H,25,28)(H,23,24,26)/t14-/m1/s1. The van der Waals surface area contributed by atoms with Crippen molar-refractivity contribution in [1.29, 1.82) is 0 Å². The van der Waals surface area contributed by atoms with Crippen molar-refractivity contribution in [1.82, 2.24) is 15.3 Å². The van der Waals surface area contributed by atoms with E-state index in [2.05, 4.69) is 20.6 Å². The summed E-state index contributed by atoms with van der Waals surface area (Å²) < 4.78 is 5.21. The normalized spacial score (nSPS) is 11.5. The molecule has 3 N–H and O–H groups in total. The number of aromatic nitrogens is 2. The third-order valence-corrected chi connectivity index (χ3v) is 4.26. The fraction of sp³-hybridized carbons (Fsp3) is 0.190. The SMILES string of the molecule is C[C@H](CNc1ccnc(-c2cc(Cl)ccc2O)n1)NC(=O)OCc1ccccc1. The maximum Gasteiger partial charge on any atom is 0.407 e. The van der Waals surface area contributed by atoms with Crippen LogP contribution >= 0.6 is 11.6 Å². The number of phenolic OH excluding ortho intramolecular Hbond substituents is 1. The molecule has 8 heteroatoms. The molecule has 0 unspecified atom stereocenters. The number of amides is 1. The van der Waals surface area contributed by atoms with Crippen molar-refractivity contribution in [3.8, 4) is 17.1 Å². The van der Waals surface area contributed by atoms with Crippen molar-refractivity contribution in [2.24, 2.45) is 0 Å². The number of phenols is 1. The van der Waals surface area contributed by atoms with Crippen LogP contribution in [-0.2, 0) is 11.3 Å². The van der Waals surface area contributed by atoms with Gasteiger partial charge in [-0.3, -0.25) is 0 Å². The van der Waals surface area contributed by atoms with Gasteiger partial charge in [0.25, 0.3) is 0 Å². The van der Waals surface area contributed by atoms with Crippen LogP contribution in [0, 0.1) is 0 Å². The summed E-state index contributed by atoms with van der Waals surface area (Å²) in [5.74, 6) is 0.946. The number of nitrogens with one attached hydrogen (secondary N) is 2.